The van der Waals surface area contributed by atoms with Crippen LogP contribution in [-0.2, 0) is 0 Å². The molecule has 0 saturated heterocycles. The highest BCUT2D eigenvalue weighted by atomic mass is 35.5. The van der Waals surface area contributed by atoms with Crippen LogP contribution in [0.25, 0.3) is 0 Å². The predicted molar refractivity (Wildman–Crippen MR) is 81.4 cm³/mol. The van der Waals surface area contributed by atoms with E-state index in [4.69, 9.17) is 16.3 Å². The second-order valence-corrected chi connectivity index (χ2v) is 4.96. The molecule has 4 nitrogen and oxygen atoms in total. The first-order chi connectivity index (χ1) is 9.69. The van der Waals surface area contributed by atoms with Crippen molar-refractivity contribution in [3.05, 3.63) is 47.2 Å². The van der Waals surface area contributed by atoms with Crippen LogP contribution in [0, 0.1) is 6.92 Å². The fraction of sp³-hybridized carbons (Fsp3) is 0.333. The molecule has 2 rings (SSSR count). The normalized spacial score (nSPS) is 11.9. The molecule has 1 atom stereocenters. The maximum absolute atomic E-state index is 6.00. The van der Waals surface area contributed by atoms with Gasteiger partial charge in [0.1, 0.15) is 11.9 Å². The van der Waals surface area contributed by atoms with Gasteiger partial charge in [-0.3, -0.25) is 0 Å². The summed E-state index contributed by atoms with van der Waals surface area (Å²) in [4.78, 5) is 8.20. The minimum atomic E-state index is 0.0652. The molecule has 1 unspecified atom stereocenters. The molecule has 0 bridgehead atoms. The fourth-order valence-electron chi connectivity index (χ4n) is 1.75. The highest BCUT2D eigenvalue weighted by Gasteiger charge is 2.10. The molecule has 5 heteroatoms. The lowest BCUT2D eigenvalue weighted by Gasteiger charge is -2.19. The van der Waals surface area contributed by atoms with Crippen molar-refractivity contribution in [2.24, 2.45) is 0 Å². The van der Waals surface area contributed by atoms with E-state index in [0.717, 1.165) is 17.7 Å². The average Bonchev–Trinajstić information content (AvgIpc) is 2.47. The zero-order chi connectivity index (χ0) is 14.4. The van der Waals surface area contributed by atoms with E-state index < -0.39 is 0 Å². The molecule has 0 amide bonds. The Kier molecular flexibility index (Phi) is 5.18. The summed E-state index contributed by atoms with van der Waals surface area (Å²) in [7, 11) is 0. The highest BCUT2D eigenvalue weighted by molar-refractivity contribution is 6.30. The Morgan fingerprint density at radius 2 is 1.95 bits per heavy atom. The van der Waals surface area contributed by atoms with Crippen molar-refractivity contribution in [2.45, 2.75) is 26.4 Å². The molecule has 20 heavy (non-hydrogen) atoms. The quantitative estimate of drug-likeness (QED) is 0.881. The van der Waals surface area contributed by atoms with E-state index in [1.165, 1.54) is 0 Å². The molecule has 0 aliphatic heterocycles. The van der Waals surface area contributed by atoms with Crippen LogP contribution in [0.5, 0.6) is 5.75 Å². The van der Waals surface area contributed by atoms with Crippen molar-refractivity contribution in [3.63, 3.8) is 0 Å². The Balaban J connectivity index is 1.92. The van der Waals surface area contributed by atoms with Crippen LogP contribution in [0.15, 0.2) is 36.7 Å². The molecule has 1 aromatic heterocycles. The van der Waals surface area contributed by atoms with E-state index in [1.54, 1.807) is 12.4 Å². The van der Waals surface area contributed by atoms with Gasteiger partial charge in [-0.15, -0.1) is 0 Å². The summed E-state index contributed by atoms with van der Waals surface area (Å²) in [6.45, 7) is 4.78. The number of benzene rings is 1. The standard InChI is InChI=1S/C15H18ClN3O/c1-3-13(20-14-7-5-4-6-11(14)2)10-19-15-17-8-12(16)9-18-15/h4-9,13H,3,10H2,1-2H3,(H,17,18,19). The van der Waals surface area contributed by atoms with Gasteiger partial charge in [0.25, 0.3) is 0 Å². The summed E-state index contributed by atoms with van der Waals surface area (Å²) >= 11 is 5.75. The van der Waals surface area contributed by atoms with Crippen LogP contribution < -0.4 is 10.1 Å². The molecule has 1 N–H and O–H groups in total. The van der Waals surface area contributed by atoms with Crippen molar-refractivity contribution < 1.29 is 4.74 Å². The SMILES string of the molecule is CCC(CNc1ncc(Cl)cn1)Oc1ccccc1C. The third-order valence-electron chi connectivity index (χ3n) is 2.95. The summed E-state index contributed by atoms with van der Waals surface area (Å²) in [5, 5.41) is 3.68. The molecule has 1 heterocycles. The van der Waals surface area contributed by atoms with Crippen molar-refractivity contribution in [2.75, 3.05) is 11.9 Å². The van der Waals surface area contributed by atoms with Gasteiger partial charge in [-0.05, 0) is 25.0 Å². The van der Waals surface area contributed by atoms with E-state index >= 15 is 0 Å². The maximum Gasteiger partial charge on any atom is 0.222 e. The number of halogens is 1. The van der Waals surface area contributed by atoms with Gasteiger partial charge >= 0.3 is 0 Å². The van der Waals surface area contributed by atoms with E-state index in [1.807, 2.05) is 31.2 Å². The molecule has 0 aliphatic carbocycles. The van der Waals surface area contributed by atoms with Crippen molar-refractivity contribution in [1.82, 2.24) is 9.97 Å². The van der Waals surface area contributed by atoms with Gasteiger partial charge in [0.15, 0.2) is 0 Å². The van der Waals surface area contributed by atoms with Crippen LogP contribution in [0.1, 0.15) is 18.9 Å². The van der Waals surface area contributed by atoms with E-state index in [0.29, 0.717) is 17.5 Å². The molecule has 0 radical (unpaired) electrons. The van der Waals surface area contributed by atoms with Gasteiger partial charge < -0.3 is 10.1 Å². The molecule has 0 fully saturated rings. The Bertz CT molecular complexity index is 545. The monoisotopic (exact) mass is 291 g/mol. The van der Waals surface area contributed by atoms with Gasteiger partial charge in [-0.2, -0.15) is 0 Å². The van der Waals surface area contributed by atoms with Crippen LogP contribution in [0.3, 0.4) is 0 Å². The average molecular weight is 292 g/mol. The second kappa shape index (κ2) is 7.10. The summed E-state index contributed by atoms with van der Waals surface area (Å²) in [5.41, 5.74) is 1.13. The Morgan fingerprint density at radius 1 is 1.25 bits per heavy atom. The molecule has 0 aliphatic rings. The topological polar surface area (TPSA) is 47.0 Å². The molecule has 1 aromatic carbocycles. The number of nitrogens with zero attached hydrogens (tertiary/aromatic N) is 2. The Labute approximate surface area is 124 Å². The van der Waals surface area contributed by atoms with E-state index in [9.17, 15) is 0 Å². The smallest absolute Gasteiger partial charge is 0.222 e. The molecule has 0 spiro atoms. The van der Waals surface area contributed by atoms with Crippen LogP contribution in [-0.4, -0.2) is 22.6 Å². The summed E-state index contributed by atoms with van der Waals surface area (Å²) in [5.74, 6) is 1.47. The summed E-state index contributed by atoms with van der Waals surface area (Å²) < 4.78 is 6.00. The summed E-state index contributed by atoms with van der Waals surface area (Å²) in [6, 6.07) is 8.00. The number of hydrogen-bond donors (Lipinski definition) is 1. The molecular weight excluding hydrogens is 274 g/mol. The van der Waals surface area contributed by atoms with E-state index in [-0.39, 0.29) is 6.10 Å². The number of ether oxygens (including phenoxy) is 1. The third-order valence-corrected chi connectivity index (χ3v) is 3.15. The van der Waals surface area contributed by atoms with Gasteiger partial charge in [-0.25, -0.2) is 9.97 Å². The van der Waals surface area contributed by atoms with Crippen molar-refractivity contribution in [3.8, 4) is 5.75 Å². The second-order valence-electron chi connectivity index (χ2n) is 4.52. The lowest BCUT2D eigenvalue weighted by molar-refractivity contribution is 0.208. The number of aryl methyl sites for hydroxylation is 1. The molecule has 106 valence electrons. The first kappa shape index (κ1) is 14.6. The minimum Gasteiger partial charge on any atom is -0.488 e. The van der Waals surface area contributed by atoms with Gasteiger partial charge in [0.05, 0.1) is 24.0 Å². The zero-order valence-electron chi connectivity index (χ0n) is 11.6. The van der Waals surface area contributed by atoms with Crippen molar-refractivity contribution in [1.29, 1.82) is 0 Å². The lowest BCUT2D eigenvalue weighted by atomic mass is 10.2. The van der Waals surface area contributed by atoms with E-state index in [2.05, 4.69) is 22.2 Å². The number of anilines is 1. The zero-order valence-corrected chi connectivity index (χ0v) is 12.4. The Hall–Kier alpha value is -1.81. The number of hydrogen-bond acceptors (Lipinski definition) is 4. The number of nitrogens with one attached hydrogen (secondary N) is 1. The number of para-hydroxylation sites is 1. The minimum absolute atomic E-state index is 0.0652. The fourth-order valence-corrected chi connectivity index (χ4v) is 1.84. The van der Waals surface area contributed by atoms with Crippen molar-refractivity contribution >= 4 is 17.5 Å². The highest BCUT2D eigenvalue weighted by Crippen LogP contribution is 2.18. The van der Waals surface area contributed by atoms with Gasteiger partial charge in [0, 0.05) is 0 Å². The largest absolute Gasteiger partial charge is 0.488 e. The molecule has 2 aromatic rings. The van der Waals surface area contributed by atoms with Crippen LogP contribution in [0.4, 0.5) is 5.95 Å². The Morgan fingerprint density at radius 3 is 2.60 bits per heavy atom. The first-order valence-electron chi connectivity index (χ1n) is 6.62. The molecular formula is C15H18ClN3O. The maximum atomic E-state index is 6.00. The lowest BCUT2D eigenvalue weighted by Crippen LogP contribution is -2.26. The summed E-state index contributed by atoms with van der Waals surface area (Å²) in [6.07, 6.45) is 4.10. The van der Waals surface area contributed by atoms with Crippen LogP contribution >= 0.6 is 11.6 Å². The van der Waals surface area contributed by atoms with Gasteiger partial charge in [0.2, 0.25) is 5.95 Å². The number of rotatable bonds is 6. The van der Waals surface area contributed by atoms with Gasteiger partial charge in [-0.1, -0.05) is 36.7 Å². The number of aromatic nitrogens is 2. The molecule has 0 saturated carbocycles. The first-order valence-corrected chi connectivity index (χ1v) is 7.00. The third kappa shape index (κ3) is 4.10. The predicted octanol–water partition coefficient (Wildman–Crippen LogP) is 3.71. The van der Waals surface area contributed by atoms with Crippen LogP contribution in [0.2, 0.25) is 5.02 Å².